The summed E-state index contributed by atoms with van der Waals surface area (Å²) in [5, 5.41) is 11.4. The number of ether oxygens (including phenoxy) is 2. The zero-order valence-electron chi connectivity index (χ0n) is 10.4. The molecule has 1 aromatic heterocycles. The van der Waals surface area contributed by atoms with E-state index in [1.54, 1.807) is 36.5 Å². The summed E-state index contributed by atoms with van der Waals surface area (Å²) in [5.41, 5.74) is 6.89. The van der Waals surface area contributed by atoms with Crippen molar-refractivity contribution in [2.75, 3.05) is 6.79 Å². The molecule has 0 bridgehead atoms. The van der Waals surface area contributed by atoms with Crippen LogP contribution in [0.3, 0.4) is 0 Å². The van der Waals surface area contributed by atoms with Crippen molar-refractivity contribution in [3.8, 4) is 11.5 Å². The van der Waals surface area contributed by atoms with Gasteiger partial charge in [0.05, 0.1) is 5.69 Å². The Balaban J connectivity index is 1.74. The third-order valence-electron chi connectivity index (χ3n) is 2.60. The Hall–Kier alpha value is -2.96. The quantitative estimate of drug-likeness (QED) is 0.400. The van der Waals surface area contributed by atoms with E-state index < -0.39 is 0 Å². The summed E-state index contributed by atoms with van der Waals surface area (Å²) in [5.74, 6) is 1.54. The fourth-order valence-corrected chi connectivity index (χ4v) is 1.64. The van der Waals surface area contributed by atoms with Crippen molar-refractivity contribution < 1.29 is 9.47 Å². The largest absolute Gasteiger partial charge is 0.454 e. The number of hydrogen-bond acceptors (Lipinski definition) is 5. The lowest BCUT2D eigenvalue weighted by molar-refractivity contribution is 0.174. The number of benzene rings is 1. The number of aromatic nitrogens is 1. The number of pyridine rings is 1. The molecule has 0 unspecified atom stereocenters. The van der Waals surface area contributed by atoms with Gasteiger partial charge in [-0.15, -0.1) is 10.2 Å². The van der Waals surface area contributed by atoms with Crippen LogP contribution in [0.15, 0.2) is 58.0 Å². The van der Waals surface area contributed by atoms with E-state index in [1.165, 1.54) is 0 Å². The molecule has 3 rings (SSSR count). The first kappa shape index (κ1) is 12.1. The molecule has 0 amide bonds. The van der Waals surface area contributed by atoms with Crippen molar-refractivity contribution in [2.45, 2.75) is 0 Å². The van der Waals surface area contributed by atoms with Crippen LogP contribution in [0.25, 0.3) is 0 Å². The fourth-order valence-electron chi connectivity index (χ4n) is 1.64. The van der Waals surface area contributed by atoms with Gasteiger partial charge < -0.3 is 15.2 Å². The van der Waals surface area contributed by atoms with Crippen molar-refractivity contribution in [3.05, 3.63) is 48.3 Å². The SMILES string of the molecule is N/C(=N\N=Nc1ccc2c(c1)OCO2)c1ccccn1. The number of hydrogen-bond donors (Lipinski definition) is 1. The summed E-state index contributed by atoms with van der Waals surface area (Å²) in [6.07, 6.45) is 1.63. The average molecular weight is 269 g/mol. The van der Waals surface area contributed by atoms with Crippen LogP contribution < -0.4 is 15.2 Å². The normalized spacial score (nSPS) is 13.9. The molecule has 0 aliphatic carbocycles. The molecule has 1 aliphatic rings. The molecule has 2 aromatic rings. The Morgan fingerprint density at radius 2 is 2.05 bits per heavy atom. The van der Waals surface area contributed by atoms with E-state index in [4.69, 9.17) is 15.2 Å². The van der Waals surface area contributed by atoms with Crippen LogP contribution in [0, 0.1) is 0 Å². The lowest BCUT2D eigenvalue weighted by Gasteiger charge is -1.96. The minimum Gasteiger partial charge on any atom is -0.454 e. The predicted molar refractivity (Wildman–Crippen MR) is 72.0 cm³/mol. The molecule has 1 aliphatic heterocycles. The monoisotopic (exact) mass is 269 g/mol. The average Bonchev–Trinajstić information content (AvgIpc) is 2.95. The minimum absolute atomic E-state index is 0.204. The van der Waals surface area contributed by atoms with Crippen LogP contribution in [-0.2, 0) is 0 Å². The van der Waals surface area contributed by atoms with Gasteiger partial charge in [-0.1, -0.05) is 6.07 Å². The molecule has 0 atom stereocenters. The van der Waals surface area contributed by atoms with Gasteiger partial charge in [-0.2, -0.15) is 0 Å². The molecule has 2 N–H and O–H groups in total. The van der Waals surface area contributed by atoms with E-state index in [0.29, 0.717) is 22.9 Å². The first-order valence-electron chi connectivity index (χ1n) is 5.88. The number of amidine groups is 1. The third kappa shape index (κ3) is 2.56. The summed E-state index contributed by atoms with van der Waals surface area (Å²) in [6, 6.07) is 10.6. The highest BCUT2D eigenvalue weighted by Gasteiger charge is 2.12. The Bertz CT molecular complexity index is 670. The van der Waals surface area contributed by atoms with E-state index in [0.717, 1.165) is 0 Å². The topological polar surface area (TPSA) is 94.5 Å². The number of nitrogens with zero attached hydrogens (tertiary/aromatic N) is 4. The Morgan fingerprint density at radius 3 is 2.90 bits per heavy atom. The summed E-state index contributed by atoms with van der Waals surface area (Å²) in [7, 11) is 0. The molecule has 0 saturated carbocycles. The molecule has 2 heterocycles. The highest BCUT2D eigenvalue weighted by molar-refractivity contribution is 5.95. The molecule has 7 nitrogen and oxygen atoms in total. The van der Waals surface area contributed by atoms with Crippen molar-refractivity contribution >= 4 is 11.5 Å². The van der Waals surface area contributed by atoms with Crippen molar-refractivity contribution in [3.63, 3.8) is 0 Å². The van der Waals surface area contributed by atoms with Crippen molar-refractivity contribution in [1.82, 2.24) is 4.98 Å². The van der Waals surface area contributed by atoms with Gasteiger partial charge in [0.15, 0.2) is 17.3 Å². The second kappa shape index (κ2) is 5.35. The van der Waals surface area contributed by atoms with Gasteiger partial charge in [-0.3, -0.25) is 4.98 Å². The second-order valence-corrected chi connectivity index (χ2v) is 3.93. The summed E-state index contributed by atoms with van der Waals surface area (Å²) in [6.45, 7) is 0.223. The predicted octanol–water partition coefficient (Wildman–Crippen LogP) is 2.21. The number of rotatable bonds is 3. The van der Waals surface area contributed by atoms with Gasteiger partial charge in [0.25, 0.3) is 0 Å². The first-order valence-corrected chi connectivity index (χ1v) is 5.88. The minimum atomic E-state index is 0.204. The van der Waals surface area contributed by atoms with Crippen LogP contribution in [0.1, 0.15) is 5.69 Å². The molecule has 0 spiro atoms. The highest BCUT2D eigenvalue weighted by atomic mass is 16.7. The van der Waals surface area contributed by atoms with Crippen LogP contribution >= 0.6 is 0 Å². The van der Waals surface area contributed by atoms with Gasteiger partial charge >= 0.3 is 0 Å². The van der Waals surface area contributed by atoms with Gasteiger partial charge in [-0.25, -0.2) is 0 Å². The number of nitrogens with two attached hydrogens (primary N) is 1. The van der Waals surface area contributed by atoms with Crippen LogP contribution in [0.5, 0.6) is 11.5 Å². The summed E-state index contributed by atoms with van der Waals surface area (Å²) in [4.78, 5) is 4.06. The molecule has 1 aromatic carbocycles. The maximum Gasteiger partial charge on any atom is 0.231 e. The molecular formula is C13H11N5O2. The highest BCUT2D eigenvalue weighted by Crippen LogP contribution is 2.35. The fraction of sp³-hybridized carbons (Fsp3) is 0.0769. The molecule has 7 heteroatoms. The zero-order chi connectivity index (χ0) is 13.8. The van der Waals surface area contributed by atoms with Gasteiger partial charge in [-0.05, 0) is 29.5 Å². The van der Waals surface area contributed by atoms with Crippen LogP contribution in [0.2, 0.25) is 0 Å². The van der Waals surface area contributed by atoms with Gasteiger partial charge in [0.2, 0.25) is 6.79 Å². The lowest BCUT2D eigenvalue weighted by atomic mass is 10.3. The van der Waals surface area contributed by atoms with E-state index in [-0.39, 0.29) is 12.6 Å². The summed E-state index contributed by atoms with van der Waals surface area (Å²) < 4.78 is 10.4. The lowest BCUT2D eigenvalue weighted by Crippen LogP contribution is -2.13. The molecule has 20 heavy (non-hydrogen) atoms. The maximum atomic E-state index is 5.74. The van der Waals surface area contributed by atoms with Crippen LogP contribution in [-0.4, -0.2) is 17.6 Å². The Kier molecular flexibility index (Phi) is 3.24. The molecular weight excluding hydrogens is 258 g/mol. The first-order chi connectivity index (χ1) is 9.83. The zero-order valence-corrected chi connectivity index (χ0v) is 10.4. The molecule has 0 fully saturated rings. The van der Waals surface area contributed by atoms with E-state index in [1.807, 2.05) is 6.07 Å². The van der Waals surface area contributed by atoms with E-state index in [9.17, 15) is 0 Å². The number of fused-ring (bicyclic) bond motifs is 1. The smallest absolute Gasteiger partial charge is 0.231 e. The maximum absolute atomic E-state index is 5.74. The molecule has 0 radical (unpaired) electrons. The Labute approximate surface area is 114 Å². The standard InChI is InChI=1S/C13H11N5O2/c14-13(10-3-1-2-6-15-10)17-18-16-9-4-5-11-12(7-9)20-8-19-11/h1-7H,8H2,(H2,14,16,17). The Morgan fingerprint density at radius 1 is 1.15 bits per heavy atom. The van der Waals surface area contributed by atoms with Crippen molar-refractivity contribution in [2.24, 2.45) is 21.2 Å². The molecule has 100 valence electrons. The van der Waals surface area contributed by atoms with E-state index in [2.05, 4.69) is 20.4 Å². The van der Waals surface area contributed by atoms with Crippen molar-refractivity contribution in [1.29, 1.82) is 0 Å². The van der Waals surface area contributed by atoms with Gasteiger partial charge in [0, 0.05) is 12.3 Å². The van der Waals surface area contributed by atoms with Gasteiger partial charge in [0.1, 0.15) is 5.69 Å². The van der Waals surface area contributed by atoms with E-state index >= 15 is 0 Å². The second-order valence-electron chi connectivity index (χ2n) is 3.93. The third-order valence-corrected chi connectivity index (χ3v) is 2.60. The summed E-state index contributed by atoms with van der Waals surface area (Å²) >= 11 is 0. The van der Waals surface area contributed by atoms with Crippen LogP contribution in [0.4, 0.5) is 5.69 Å². The molecule has 0 saturated heterocycles.